The fraction of sp³-hybridized carbons (Fsp3) is 0.415. The van der Waals surface area contributed by atoms with E-state index in [0.717, 1.165) is 24.1 Å². The minimum absolute atomic E-state index is 0.0157. The van der Waals surface area contributed by atoms with Crippen LogP contribution in [0.15, 0.2) is 114 Å². The predicted molar refractivity (Wildman–Crippen MR) is 296 cm³/mol. The lowest BCUT2D eigenvalue weighted by Crippen LogP contribution is -2.61. The lowest BCUT2D eigenvalue weighted by atomic mass is 9.35. The third-order valence-corrected chi connectivity index (χ3v) is 18.1. The van der Waals surface area contributed by atoms with Gasteiger partial charge in [0.05, 0.1) is 17.0 Å². The molecule has 7 aromatic rings. The van der Waals surface area contributed by atoms with Crippen molar-refractivity contribution in [3.05, 3.63) is 148 Å². The number of hydrogen-bond donors (Lipinski definition) is 0. The molecule has 352 valence electrons. The van der Waals surface area contributed by atoms with Crippen LogP contribution in [0.1, 0.15) is 175 Å². The van der Waals surface area contributed by atoms with E-state index >= 15 is 0 Å². The largest absolute Gasteiger partial charge is 0.468 e. The third kappa shape index (κ3) is 6.51. The summed E-state index contributed by atoms with van der Waals surface area (Å²) in [6.07, 6.45) is 6.00. The zero-order valence-corrected chi connectivity index (χ0v) is 44.3. The maximum absolute atomic E-state index is 7.70. The van der Waals surface area contributed by atoms with Crippen molar-refractivity contribution >= 4 is 68.4 Å². The van der Waals surface area contributed by atoms with Gasteiger partial charge in [0.1, 0.15) is 5.58 Å². The van der Waals surface area contributed by atoms with Crippen molar-refractivity contribution in [1.82, 2.24) is 0 Å². The van der Waals surface area contributed by atoms with Crippen LogP contribution in [0.3, 0.4) is 0 Å². The Morgan fingerprint density at radius 1 is 0.493 bits per heavy atom. The lowest BCUT2D eigenvalue weighted by molar-refractivity contribution is 0.332. The van der Waals surface area contributed by atoms with Gasteiger partial charge in [-0.1, -0.05) is 158 Å². The summed E-state index contributed by atoms with van der Waals surface area (Å²) >= 11 is 0. The molecule has 2 atom stereocenters. The van der Waals surface area contributed by atoms with Gasteiger partial charge in [0.2, 0.25) is 0 Å². The van der Waals surface area contributed by atoms with Gasteiger partial charge in [0.15, 0.2) is 0 Å². The predicted octanol–water partition coefficient (Wildman–Crippen LogP) is 16.1. The summed E-state index contributed by atoms with van der Waals surface area (Å²) in [6.45, 7) is 36.0. The van der Waals surface area contributed by atoms with Gasteiger partial charge in [-0.2, -0.15) is 0 Å². The Morgan fingerprint density at radius 2 is 1.06 bits per heavy atom. The van der Waals surface area contributed by atoms with Crippen LogP contribution in [0.25, 0.3) is 22.1 Å². The molecule has 0 radical (unpaired) electrons. The van der Waals surface area contributed by atoms with E-state index in [-0.39, 0.29) is 44.6 Å². The van der Waals surface area contributed by atoms with Crippen LogP contribution in [0, 0.1) is 0 Å². The van der Waals surface area contributed by atoms with Crippen LogP contribution < -0.4 is 26.4 Å². The van der Waals surface area contributed by atoms with Crippen LogP contribution in [0.4, 0.5) is 34.1 Å². The zero-order chi connectivity index (χ0) is 48.7. The minimum atomic E-state index is -0.141. The molecule has 0 N–H and O–H groups in total. The van der Waals surface area contributed by atoms with Gasteiger partial charge in [-0.05, 0) is 180 Å². The molecule has 12 rings (SSSR count). The highest BCUT2D eigenvalue weighted by molar-refractivity contribution is 7.00. The molecule has 1 saturated carbocycles. The number of anilines is 6. The molecule has 1 aromatic heterocycles. The molecule has 3 nitrogen and oxygen atoms in total. The first-order valence-electron chi connectivity index (χ1n) is 26.2. The van der Waals surface area contributed by atoms with E-state index in [1.54, 1.807) is 0 Å². The Morgan fingerprint density at radius 3 is 1.67 bits per heavy atom. The first-order valence-corrected chi connectivity index (χ1v) is 26.2. The van der Waals surface area contributed by atoms with Gasteiger partial charge >= 0.3 is 0 Å². The fourth-order valence-electron chi connectivity index (χ4n) is 13.8. The molecule has 3 heterocycles. The standard InChI is InChI=1S/C65H73BN2O/c1-59(2,3)40-21-24-43(25-22-40)67-53-32-42(61(7,8)9)33-54-56(53)66(58-57(67)45-34-48-49(37-55(45)69-58)65(15)30-29-64(48,14)38-65)50-35-46-47(63(12,13)28-27-62(46,10)11)36-52(50)68(54)51-26-23-41(60(4,5)6)31-44(51)39-19-17-16-18-20-39/h16-26,31-37H,27-30,38H2,1-15H3. The normalized spacial score (nSPS) is 21.8. The van der Waals surface area contributed by atoms with Gasteiger partial charge in [-0.15, -0.1) is 0 Å². The Balaban J connectivity index is 1.24. The van der Waals surface area contributed by atoms with E-state index in [1.165, 1.54) is 120 Å². The Labute approximate surface area is 413 Å². The summed E-state index contributed by atoms with van der Waals surface area (Å²) in [5.74, 6) is 0. The van der Waals surface area contributed by atoms with E-state index in [0.29, 0.717) is 0 Å². The maximum atomic E-state index is 7.70. The summed E-state index contributed by atoms with van der Waals surface area (Å²) in [5.41, 5.74) is 24.8. The van der Waals surface area contributed by atoms with Crippen LogP contribution in [0.2, 0.25) is 0 Å². The van der Waals surface area contributed by atoms with E-state index in [1.807, 2.05) is 0 Å². The third-order valence-electron chi connectivity index (χ3n) is 18.1. The smallest absolute Gasteiger partial charge is 0.297 e. The summed E-state index contributed by atoms with van der Waals surface area (Å²) in [5, 5.41) is 1.24. The Bertz CT molecular complexity index is 3290. The highest BCUT2D eigenvalue weighted by Crippen LogP contribution is 2.62. The van der Waals surface area contributed by atoms with Gasteiger partial charge in [0.25, 0.3) is 6.71 Å². The second kappa shape index (κ2) is 14.1. The number of rotatable bonds is 3. The molecule has 2 bridgehead atoms. The summed E-state index contributed by atoms with van der Waals surface area (Å²) < 4.78 is 7.70. The number of hydrogen-bond acceptors (Lipinski definition) is 3. The quantitative estimate of drug-likeness (QED) is 0.165. The van der Waals surface area contributed by atoms with Crippen LogP contribution >= 0.6 is 0 Å². The second-order valence-corrected chi connectivity index (χ2v) is 27.2. The van der Waals surface area contributed by atoms with Crippen molar-refractivity contribution in [2.24, 2.45) is 0 Å². The van der Waals surface area contributed by atoms with E-state index in [4.69, 9.17) is 4.42 Å². The van der Waals surface area contributed by atoms with Crippen LogP contribution in [-0.4, -0.2) is 6.71 Å². The van der Waals surface area contributed by atoms with Gasteiger partial charge in [-0.3, -0.25) is 0 Å². The highest BCUT2D eigenvalue weighted by Gasteiger charge is 2.55. The van der Waals surface area contributed by atoms with Crippen molar-refractivity contribution in [2.45, 2.75) is 174 Å². The first kappa shape index (κ1) is 44.7. The number of furan rings is 1. The summed E-state index contributed by atoms with van der Waals surface area (Å²) in [6, 6.07) is 43.4. The highest BCUT2D eigenvalue weighted by atomic mass is 16.3. The van der Waals surface area contributed by atoms with E-state index < -0.39 is 0 Å². The lowest BCUT2D eigenvalue weighted by Gasteiger charge is -2.47. The van der Waals surface area contributed by atoms with Crippen LogP contribution in [-0.2, 0) is 37.9 Å². The Hall–Kier alpha value is -5.48. The average molecular weight is 909 g/mol. The number of nitrogens with zero attached hydrogens (tertiary/aromatic N) is 2. The maximum Gasteiger partial charge on any atom is 0.297 e. The van der Waals surface area contributed by atoms with Gasteiger partial charge < -0.3 is 14.2 Å². The van der Waals surface area contributed by atoms with Crippen molar-refractivity contribution in [3.63, 3.8) is 0 Å². The molecular formula is C65H73BN2O. The topological polar surface area (TPSA) is 19.6 Å². The first-order chi connectivity index (χ1) is 32.3. The molecule has 5 aliphatic rings. The molecule has 2 aliphatic heterocycles. The minimum Gasteiger partial charge on any atom is -0.468 e. The zero-order valence-electron chi connectivity index (χ0n) is 44.3. The summed E-state index contributed by atoms with van der Waals surface area (Å²) in [7, 11) is 0. The molecular weight excluding hydrogens is 836 g/mol. The SMILES string of the molecule is CC(C)(C)c1ccc(N2c3cc(C(C)(C)C)cc4c3B(c3cc5c(cc3N4c3ccc(C(C)(C)C)cc3-c3ccccc3)C(C)(C)CCC5(C)C)c3oc4cc5c(cc4c32)C2(C)CCC5(C)C2)cc1. The van der Waals surface area contributed by atoms with Crippen LogP contribution in [0.5, 0.6) is 0 Å². The number of fused-ring (bicyclic) bond motifs is 12. The van der Waals surface area contributed by atoms with Crippen molar-refractivity contribution in [2.75, 3.05) is 9.80 Å². The molecule has 69 heavy (non-hydrogen) atoms. The van der Waals surface area contributed by atoms with E-state index in [2.05, 4.69) is 223 Å². The average Bonchev–Trinajstić information content (AvgIpc) is 3.90. The Kier molecular flexibility index (Phi) is 9.14. The number of benzene rings is 6. The molecule has 0 amide bonds. The molecule has 6 aromatic carbocycles. The molecule has 1 fully saturated rings. The van der Waals surface area contributed by atoms with Crippen molar-refractivity contribution in [3.8, 4) is 11.1 Å². The van der Waals surface area contributed by atoms with Gasteiger partial charge in [0, 0.05) is 33.7 Å². The van der Waals surface area contributed by atoms with Crippen molar-refractivity contribution in [1.29, 1.82) is 0 Å². The second-order valence-electron chi connectivity index (χ2n) is 27.2. The molecule has 2 unspecified atom stereocenters. The van der Waals surface area contributed by atoms with Gasteiger partial charge in [-0.25, -0.2) is 0 Å². The molecule has 0 spiro atoms. The fourth-order valence-corrected chi connectivity index (χ4v) is 13.8. The molecule has 0 saturated heterocycles. The molecule has 3 aliphatic carbocycles. The summed E-state index contributed by atoms with van der Waals surface area (Å²) in [4.78, 5) is 5.31. The van der Waals surface area contributed by atoms with Crippen molar-refractivity contribution < 1.29 is 4.42 Å². The monoisotopic (exact) mass is 909 g/mol. The molecule has 4 heteroatoms. The van der Waals surface area contributed by atoms with E-state index in [9.17, 15) is 0 Å².